The van der Waals surface area contributed by atoms with Crippen LogP contribution in [0.4, 0.5) is 26.3 Å². The van der Waals surface area contributed by atoms with E-state index in [2.05, 4.69) is 38.7 Å². The fraction of sp³-hybridized carbons (Fsp3) is 0.286. The Morgan fingerprint density at radius 3 is 2.20 bits per heavy atom. The van der Waals surface area contributed by atoms with Crippen molar-refractivity contribution in [1.29, 1.82) is 0 Å². The van der Waals surface area contributed by atoms with Crippen LogP contribution in [-0.2, 0) is 20.9 Å². The third-order valence-electron chi connectivity index (χ3n) is 6.30. The summed E-state index contributed by atoms with van der Waals surface area (Å²) in [7, 11) is 0. The van der Waals surface area contributed by atoms with Gasteiger partial charge in [-0.2, -0.15) is 26.3 Å². The number of alkyl halides is 6. The monoisotopic (exact) mass is 642 g/mol. The lowest BCUT2D eigenvalue weighted by Crippen LogP contribution is -2.37. The number of nitrogens with zero attached hydrogens (tertiary/aromatic N) is 4. The quantitative estimate of drug-likeness (QED) is 0.294. The smallest absolute Gasteiger partial charge is 0.475 e. The molecule has 1 saturated heterocycles. The molecule has 2 N–H and O–H groups in total. The van der Waals surface area contributed by atoms with Crippen LogP contribution in [0.15, 0.2) is 67.1 Å². The average Bonchev–Trinajstić information content (AvgIpc) is 3.64. The van der Waals surface area contributed by atoms with Gasteiger partial charge in [0.1, 0.15) is 11.8 Å². The van der Waals surface area contributed by atoms with Gasteiger partial charge in [-0.15, -0.1) is 0 Å². The number of ether oxygens (including phenoxy) is 3. The molecule has 0 bridgehead atoms. The Bertz CT molecular complexity index is 1610. The minimum atomic E-state index is -5.08. The molecule has 240 valence electrons. The third-order valence-corrected chi connectivity index (χ3v) is 6.30. The molecule has 11 nitrogen and oxygen atoms in total. The highest BCUT2D eigenvalue weighted by Crippen LogP contribution is 2.33. The van der Waals surface area contributed by atoms with E-state index in [9.17, 15) is 26.3 Å². The second-order valence-corrected chi connectivity index (χ2v) is 9.43. The number of carbonyl (C=O) groups is 2. The van der Waals surface area contributed by atoms with Crippen molar-refractivity contribution in [2.75, 3.05) is 26.5 Å². The molecule has 45 heavy (non-hydrogen) atoms. The number of aliphatic carboxylic acids is 2. The molecular weight excluding hydrogens is 618 g/mol. The van der Waals surface area contributed by atoms with Gasteiger partial charge in [-0.25, -0.2) is 14.6 Å². The fourth-order valence-corrected chi connectivity index (χ4v) is 4.27. The minimum absolute atomic E-state index is 0.0621. The van der Waals surface area contributed by atoms with Gasteiger partial charge >= 0.3 is 24.3 Å². The Morgan fingerprint density at radius 1 is 0.911 bits per heavy atom. The normalized spacial score (nSPS) is 16.3. The third kappa shape index (κ3) is 8.82. The van der Waals surface area contributed by atoms with Gasteiger partial charge in [0, 0.05) is 43.8 Å². The number of morpholine rings is 1. The van der Waals surface area contributed by atoms with Crippen molar-refractivity contribution >= 4 is 17.6 Å². The molecule has 2 aliphatic heterocycles. The van der Waals surface area contributed by atoms with Crippen molar-refractivity contribution in [3.63, 3.8) is 0 Å². The maximum absolute atomic E-state index is 10.6. The van der Waals surface area contributed by atoms with Crippen LogP contribution >= 0.6 is 0 Å². The van der Waals surface area contributed by atoms with Crippen LogP contribution in [0.25, 0.3) is 16.9 Å². The van der Waals surface area contributed by atoms with Gasteiger partial charge in [-0.3, -0.25) is 14.3 Å². The van der Waals surface area contributed by atoms with Crippen LogP contribution in [0, 0.1) is 0 Å². The van der Waals surface area contributed by atoms with E-state index in [0.29, 0.717) is 13.4 Å². The van der Waals surface area contributed by atoms with Crippen LogP contribution in [0.2, 0.25) is 0 Å². The first-order chi connectivity index (χ1) is 21.2. The molecule has 0 amide bonds. The second-order valence-electron chi connectivity index (χ2n) is 9.43. The van der Waals surface area contributed by atoms with E-state index >= 15 is 0 Å². The summed E-state index contributed by atoms with van der Waals surface area (Å²) in [5.41, 5.74) is 5.28. The van der Waals surface area contributed by atoms with Crippen LogP contribution in [0.1, 0.15) is 17.4 Å². The average molecular weight is 643 g/mol. The topological polar surface area (TPSA) is 136 Å². The predicted octanol–water partition coefficient (Wildman–Crippen LogP) is 4.97. The molecule has 2 aliphatic rings. The molecule has 0 radical (unpaired) electrons. The maximum Gasteiger partial charge on any atom is 0.490 e. The highest BCUT2D eigenvalue weighted by atomic mass is 19.4. The minimum Gasteiger partial charge on any atom is -0.475 e. The van der Waals surface area contributed by atoms with E-state index in [4.69, 9.17) is 39.0 Å². The second kappa shape index (κ2) is 13.8. The Kier molecular flexibility index (Phi) is 10.1. The number of carboxylic acids is 2. The van der Waals surface area contributed by atoms with Gasteiger partial charge in [0.2, 0.25) is 6.79 Å². The summed E-state index contributed by atoms with van der Waals surface area (Å²) in [5.74, 6) is -3.87. The Balaban J connectivity index is 0.000000277. The van der Waals surface area contributed by atoms with Crippen LogP contribution in [-0.4, -0.2) is 80.3 Å². The number of aromatic nitrogens is 3. The summed E-state index contributed by atoms with van der Waals surface area (Å²) >= 11 is 0. The Morgan fingerprint density at radius 2 is 1.56 bits per heavy atom. The van der Waals surface area contributed by atoms with Gasteiger partial charge < -0.3 is 24.4 Å². The Labute approximate surface area is 250 Å². The van der Waals surface area contributed by atoms with E-state index in [0.717, 1.165) is 53.7 Å². The highest BCUT2D eigenvalue weighted by molar-refractivity contribution is 5.73. The zero-order valence-electron chi connectivity index (χ0n) is 23.0. The van der Waals surface area contributed by atoms with E-state index in [1.54, 1.807) is 0 Å². The largest absolute Gasteiger partial charge is 0.490 e. The molecule has 4 aromatic rings. The molecule has 1 fully saturated rings. The number of halogens is 6. The van der Waals surface area contributed by atoms with E-state index in [1.807, 2.05) is 42.7 Å². The zero-order chi connectivity index (χ0) is 32.8. The number of hydrogen-bond acceptors (Lipinski definition) is 8. The molecule has 1 unspecified atom stereocenters. The van der Waals surface area contributed by atoms with Gasteiger partial charge in [-0.05, 0) is 42.0 Å². The first-order valence-corrected chi connectivity index (χ1v) is 12.9. The van der Waals surface area contributed by atoms with E-state index in [1.165, 1.54) is 5.56 Å². The molecule has 6 rings (SSSR count). The summed E-state index contributed by atoms with van der Waals surface area (Å²) in [6, 6.07) is 16.3. The van der Waals surface area contributed by atoms with Crippen LogP contribution < -0.4 is 9.47 Å². The molecule has 0 spiro atoms. The molecule has 17 heteroatoms. The summed E-state index contributed by atoms with van der Waals surface area (Å²) in [4.78, 5) is 29.2. The summed E-state index contributed by atoms with van der Waals surface area (Å²) in [6.07, 6.45) is -4.51. The highest BCUT2D eigenvalue weighted by Gasteiger charge is 2.39. The number of carboxylic acid groups (broad SMARTS) is 2. The molecule has 5 heterocycles. The number of pyridine rings is 2. The molecule has 1 aromatic carbocycles. The van der Waals surface area contributed by atoms with Gasteiger partial charge in [-0.1, -0.05) is 12.1 Å². The molecule has 1 atom stereocenters. The van der Waals surface area contributed by atoms with Crippen LogP contribution in [0.3, 0.4) is 0 Å². The van der Waals surface area contributed by atoms with Crippen molar-refractivity contribution in [2.24, 2.45) is 0 Å². The zero-order valence-corrected chi connectivity index (χ0v) is 23.0. The Hall–Kier alpha value is -4.90. The summed E-state index contributed by atoms with van der Waals surface area (Å²) < 4.78 is 82.6. The fourth-order valence-electron chi connectivity index (χ4n) is 4.27. The number of benzene rings is 1. The van der Waals surface area contributed by atoms with Crippen molar-refractivity contribution in [1.82, 2.24) is 19.3 Å². The van der Waals surface area contributed by atoms with Crippen molar-refractivity contribution in [3.8, 4) is 22.8 Å². The standard InChI is InChI=1S/C24H22N4O3.2C2HF3O2/c1-2-20(18-6-8-25-9-7-18)28-14-19(26-24(28)3-1)23-15-27(10-11-29-23)13-17-4-5-21-22(12-17)31-16-30-21;2*3-2(4,5)1(6)7/h1-9,12,14,23H,10-11,13,15-16H2;2*(H,6,7). The number of hydrogen-bond donors (Lipinski definition) is 2. The first-order valence-electron chi connectivity index (χ1n) is 12.9. The van der Waals surface area contributed by atoms with Gasteiger partial charge in [0.25, 0.3) is 0 Å². The summed E-state index contributed by atoms with van der Waals surface area (Å²) in [6.45, 7) is 3.50. The first kappa shape index (κ1) is 33.0. The van der Waals surface area contributed by atoms with Crippen molar-refractivity contribution in [3.05, 3.63) is 78.4 Å². The van der Waals surface area contributed by atoms with E-state index < -0.39 is 24.3 Å². The summed E-state index contributed by atoms with van der Waals surface area (Å²) in [5, 5.41) is 14.2. The van der Waals surface area contributed by atoms with Gasteiger partial charge in [0.05, 0.1) is 18.0 Å². The lowest BCUT2D eigenvalue weighted by Gasteiger charge is -2.32. The number of fused-ring (bicyclic) bond motifs is 2. The predicted molar refractivity (Wildman–Crippen MR) is 142 cm³/mol. The molecule has 0 saturated carbocycles. The molecule has 3 aromatic heterocycles. The lowest BCUT2D eigenvalue weighted by molar-refractivity contribution is -0.193. The SMILES string of the molecule is O=C(O)C(F)(F)F.O=C(O)C(F)(F)F.c1cc(-c2ccncc2)n2cc(C3CN(Cc4ccc5c(c4)OCO5)CCO3)nc2c1. The number of imidazole rings is 1. The number of rotatable bonds is 4. The maximum atomic E-state index is 10.6. The van der Waals surface area contributed by atoms with Crippen LogP contribution in [0.5, 0.6) is 11.5 Å². The van der Waals surface area contributed by atoms with Gasteiger partial charge in [0.15, 0.2) is 11.5 Å². The van der Waals surface area contributed by atoms with Crippen molar-refractivity contribution < 1.29 is 60.4 Å². The van der Waals surface area contributed by atoms with E-state index in [-0.39, 0.29) is 6.10 Å². The molecule has 0 aliphatic carbocycles. The van der Waals surface area contributed by atoms with Crippen molar-refractivity contribution in [2.45, 2.75) is 25.0 Å². The molecular formula is C28H24F6N4O7. The lowest BCUT2D eigenvalue weighted by atomic mass is 10.1.